The van der Waals surface area contributed by atoms with Crippen LogP contribution in [0.25, 0.3) is 0 Å². The van der Waals surface area contributed by atoms with Gasteiger partial charge in [-0.3, -0.25) is 9.98 Å². The molecule has 0 aliphatic carbocycles. The summed E-state index contributed by atoms with van der Waals surface area (Å²) in [6.45, 7) is 3.53. The third-order valence-electron chi connectivity index (χ3n) is 5.22. The number of hydrogen-bond donors (Lipinski definition) is 0. The van der Waals surface area contributed by atoms with Gasteiger partial charge in [-0.25, -0.2) is 13.4 Å². The van der Waals surface area contributed by atoms with Gasteiger partial charge in [0, 0.05) is 30.8 Å². The van der Waals surface area contributed by atoms with E-state index in [2.05, 4.69) is 25.9 Å². The van der Waals surface area contributed by atoms with Crippen molar-refractivity contribution in [1.29, 1.82) is 5.26 Å². The normalized spacial score (nSPS) is 15.2. The van der Waals surface area contributed by atoms with Gasteiger partial charge < -0.3 is 4.90 Å². The minimum absolute atomic E-state index is 0.115. The Morgan fingerprint density at radius 3 is 2.90 bits per heavy atom. The highest BCUT2D eigenvalue weighted by atomic mass is 32.2. The van der Waals surface area contributed by atoms with Crippen molar-refractivity contribution in [3.05, 3.63) is 58.4 Å². The average Bonchev–Trinajstić information content (AvgIpc) is 2.73. The predicted octanol–water partition coefficient (Wildman–Crippen LogP) is 2.99. The number of nitrogens with zero attached hydrogens (tertiary/aromatic N) is 5. The molecule has 0 radical (unpaired) electrons. The van der Waals surface area contributed by atoms with Gasteiger partial charge in [0.1, 0.15) is 5.84 Å². The number of fused-ring (bicyclic) bond motifs is 3. The molecule has 2 aliphatic heterocycles. The Morgan fingerprint density at radius 2 is 2.10 bits per heavy atom. The van der Waals surface area contributed by atoms with Crippen LogP contribution in [0.4, 0.5) is 5.69 Å². The molecular weight excluding hydrogens is 398 g/mol. The summed E-state index contributed by atoms with van der Waals surface area (Å²) < 4.78 is 24.6. The van der Waals surface area contributed by atoms with Crippen LogP contribution in [0.2, 0.25) is 0 Å². The predicted molar refractivity (Wildman–Crippen MR) is 117 cm³/mol. The second-order valence-corrected chi connectivity index (χ2v) is 9.71. The van der Waals surface area contributed by atoms with E-state index in [-0.39, 0.29) is 11.5 Å². The van der Waals surface area contributed by atoms with E-state index in [0.717, 1.165) is 47.9 Å². The highest BCUT2D eigenvalue weighted by molar-refractivity contribution is 7.90. The largest absolute Gasteiger partial charge is 0.317 e. The summed E-state index contributed by atoms with van der Waals surface area (Å²) in [5.41, 5.74) is 4.28. The van der Waals surface area contributed by atoms with Crippen LogP contribution in [-0.2, 0) is 22.0 Å². The number of aromatic nitrogens is 1. The van der Waals surface area contributed by atoms with Crippen LogP contribution in [-0.4, -0.2) is 49.3 Å². The molecule has 0 saturated carbocycles. The Balaban J connectivity index is 1.66. The van der Waals surface area contributed by atoms with Crippen LogP contribution in [0, 0.1) is 11.3 Å². The van der Waals surface area contributed by atoms with Gasteiger partial charge in [0.15, 0.2) is 9.84 Å². The Morgan fingerprint density at radius 1 is 1.27 bits per heavy atom. The topological polar surface area (TPSA) is 98.8 Å². The molecule has 4 rings (SSSR count). The van der Waals surface area contributed by atoms with Gasteiger partial charge in [0.2, 0.25) is 0 Å². The molecule has 0 fully saturated rings. The molecule has 0 unspecified atom stereocenters. The minimum atomic E-state index is -3.24. The molecule has 0 amide bonds. The molecule has 8 heteroatoms. The van der Waals surface area contributed by atoms with E-state index >= 15 is 0 Å². The van der Waals surface area contributed by atoms with E-state index in [1.807, 2.05) is 25.1 Å². The summed E-state index contributed by atoms with van der Waals surface area (Å²) in [4.78, 5) is 15.7. The molecule has 154 valence electrons. The quantitative estimate of drug-likeness (QED) is 0.714. The van der Waals surface area contributed by atoms with Crippen LogP contribution in [0.1, 0.15) is 47.7 Å². The van der Waals surface area contributed by atoms with Crippen LogP contribution in [0.3, 0.4) is 0 Å². The molecule has 3 heterocycles. The number of rotatable bonds is 6. The zero-order valence-corrected chi connectivity index (χ0v) is 17.7. The summed E-state index contributed by atoms with van der Waals surface area (Å²) in [7, 11) is -3.24. The maximum Gasteiger partial charge on any atom is 0.154 e. The van der Waals surface area contributed by atoms with Crippen molar-refractivity contribution >= 4 is 27.7 Å². The Kier molecular flexibility index (Phi) is 5.64. The van der Waals surface area contributed by atoms with Crippen LogP contribution >= 0.6 is 0 Å². The Bertz CT molecular complexity index is 1180. The van der Waals surface area contributed by atoms with Gasteiger partial charge in [-0.1, -0.05) is 25.1 Å². The molecule has 0 saturated heterocycles. The fourth-order valence-electron chi connectivity index (χ4n) is 3.86. The lowest BCUT2D eigenvalue weighted by Crippen LogP contribution is -2.37. The van der Waals surface area contributed by atoms with Gasteiger partial charge in [-0.15, -0.1) is 0 Å². The van der Waals surface area contributed by atoms with E-state index in [1.165, 1.54) is 0 Å². The summed E-state index contributed by atoms with van der Waals surface area (Å²) >= 11 is 0. The molecular formula is C22H23N5O2S. The second kappa shape index (κ2) is 8.36. The van der Waals surface area contributed by atoms with Crippen molar-refractivity contribution in [2.45, 2.75) is 31.9 Å². The number of aliphatic imine (C=N–C) groups is 2. The van der Waals surface area contributed by atoms with Gasteiger partial charge in [0.05, 0.1) is 41.4 Å². The number of sulfone groups is 1. The Labute approximate surface area is 176 Å². The van der Waals surface area contributed by atoms with Crippen LogP contribution in [0.15, 0.2) is 40.4 Å². The van der Waals surface area contributed by atoms with Gasteiger partial charge in [-0.2, -0.15) is 5.26 Å². The van der Waals surface area contributed by atoms with Crippen molar-refractivity contribution in [2.75, 3.05) is 18.8 Å². The summed E-state index contributed by atoms with van der Waals surface area (Å²) in [5.74, 6) is 0.915. The van der Waals surface area contributed by atoms with Crippen LogP contribution in [0.5, 0.6) is 0 Å². The Hall–Kier alpha value is -3.05. The first-order valence-corrected chi connectivity index (χ1v) is 11.9. The number of pyridine rings is 1. The number of amidine groups is 1. The zero-order valence-electron chi connectivity index (χ0n) is 16.9. The van der Waals surface area contributed by atoms with Crippen molar-refractivity contribution < 1.29 is 8.42 Å². The lowest BCUT2D eigenvalue weighted by Gasteiger charge is -2.29. The van der Waals surface area contributed by atoms with Crippen LogP contribution < -0.4 is 0 Å². The number of benzene rings is 1. The average molecular weight is 422 g/mol. The molecule has 7 nitrogen and oxygen atoms in total. The molecule has 0 atom stereocenters. The van der Waals surface area contributed by atoms with E-state index in [1.54, 1.807) is 18.6 Å². The summed E-state index contributed by atoms with van der Waals surface area (Å²) in [6, 6.07) is 9.57. The van der Waals surface area contributed by atoms with E-state index in [0.29, 0.717) is 24.0 Å². The van der Waals surface area contributed by atoms with Crippen molar-refractivity contribution in [3.63, 3.8) is 0 Å². The van der Waals surface area contributed by atoms with Gasteiger partial charge in [0.25, 0.3) is 0 Å². The monoisotopic (exact) mass is 421 g/mol. The fraction of sp³-hybridized carbons (Fsp3) is 0.364. The number of nitriles is 1. The first kappa shape index (κ1) is 20.2. The molecule has 0 spiro atoms. The molecule has 2 aliphatic rings. The standard InChI is InChI=1S/C22H23N5O2S/c1-2-9-30(28,29)14-17-6-3-5-16(20(17)12-23)10-18-11-19-21(13-25-18)26-15-27-8-4-7-24-22(19)27/h3,5-6,11,13,15H,2,4,7-10,14H2,1H3. The fourth-order valence-corrected chi connectivity index (χ4v) is 5.34. The molecule has 1 aromatic carbocycles. The molecule has 0 N–H and O–H groups in total. The smallest absolute Gasteiger partial charge is 0.154 e. The van der Waals surface area contributed by atoms with E-state index < -0.39 is 9.84 Å². The van der Waals surface area contributed by atoms with Crippen molar-refractivity contribution in [3.8, 4) is 6.07 Å². The number of hydrogen-bond acceptors (Lipinski definition) is 7. The van der Waals surface area contributed by atoms with Gasteiger partial charge in [-0.05, 0) is 30.0 Å². The van der Waals surface area contributed by atoms with Crippen molar-refractivity contribution in [1.82, 2.24) is 9.88 Å². The molecule has 1 aromatic heterocycles. The highest BCUT2D eigenvalue weighted by Gasteiger charge is 2.23. The highest BCUT2D eigenvalue weighted by Crippen LogP contribution is 2.27. The lowest BCUT2D eigenvalue weighted by atomic mass is 9.98. The first-order chi connectivity index (χ1) is 14.5. The molecule has 0 bridgehead atoms. The third kappa shape index (κ3) is 4.12. The summed E-state index contributed by atoms with van der Waals surface area (Å²) in [6.07, 6.45) is 5.54. The minimum Gasteiger partial charge on any atom is -0.317 e. The zero-order chi connectivity index (χ0) is 21.1. The van der Waals surface area contributed by atoms with E-state index in [4.69, 9.17) is 0 Å². The SMILES string of the molecule is CCCS(=O)(=O)Cc1cccc(Cc2cc3c(cn2)N=CN2CCCN=C32)c1C#N. The third-order valence-corrected chi connectivity index (χ3v) is 7.00. The lowest BCUT2D eigenvalue weighted by molar-refractivity contribution is 0.558. The first-order valence-electron chi connectivity index (χ1n) is 10.1. The summed E-state index contributed by atoms with van der Waals surface area (Å²) in [5, 5.41) is 9.74. The van der Waals surface area contributed by atoms with Crippen molar-refractivity contribution in [2.24, 2.45) is 9.98 Å². The van der Waals surface area contributed by atoms with Gasteiger partial charge >= 0.3 is 0 Å². The molecule has 30 heavy (non-hydrogen) atoms. The molecule has 2 aromatic rings. The maximum absolute atomic E-state index is 12.3. The van der Waals surface area contributed by atoms with E-state index in [9.17, 15) is 13.7 Å². The second-order valence-electron chi connectivity index (χ2n) is 7.52. The maximum atomic E-state index is 12.3.